The van der Waals surface area contributed by atoms with Crippen molar-refractivity contribution in [3.63, 3.8) is 0 Å². The fourth-order valence-electron chi connectivity index (χ4n) is 4.65. The molecule has 1 fully saturated rings. The zero-order valence-electron chi connectivity index (χ0n) is 18.7. The van der Waals surface area contributed by atoms with Crippen LogP contribution < -0.4 is 4.74 Å². The van der Waals surface area contributed by atoms with Gasteiger partial charge in [-0.1, -0.05) is 43.1 Å². The van der Waals surface area contributed by atoms with Crippen LogP contribution in [0.5, 0.6) is 5.75 Å². The van der Waals surface area contributed by atoms with Gasteiger partial charge in [0.2, 0.25) is 5.91 Å². The molecule has 2 aromatic carbocycles. The Labute approximate surface area is 198 Å². The van der Waals surface area contributed by atoms with Gasteiger partial charge in [0, 0.05) is 52.3 Å². The van der Waals surface area contributed by atoms with Crippen molar-refractivity contribution in [3.8, 4) is 16.9 Å². The molecule has 1 aliphatic rings. The minimum atomic E-state index is 0.0382. The van der Waals surface area contributed by atoms with E-state index in [1.54, 1.807) is 31.6 Å². The Morgan fingerprint density at radius 1 is 1.12 bits per heavy atom. The number of piperidine rings is 1. The van der Waals surface area contributed by atoms with Crippen LogP contribution in [0.25, 0.3) is 27.7 Å². The molecule has 1 aliphatic heterocycles. The van der Waals surface area contributed by atoms with Gasteiger partial charge in [-0.3, -0.25) is 4.79 Å². The number of benzene rings is 2. The van der Waals surface area contributed by atoms with E-state index < -0.39 is 0 Å². The van der Waals surface area contributed by atoms with Gasteiger partial charge < -0.3 is 14.1 Å². The van der Waals surface area contributed by atoms with Gasteiger partial charge in [0.25, 0.3) is 0 Å². The summed E-state index contributed by atoms with van der Waals surface area (Å²) in [5, 5.41) is 2.02. The SMILES string of the molecule is COc1cc2occ(-c3ccc(Cl)cc3Cl)c2cc1/C(C)=C/C(=O)N1CC(C)CC(C)C1. The third-order valence-electron chi connectivity index (χ3n) is 6.06. The number of nitrogens with zero attached hydrogens (tertiary/aromatic N) is 1. The maximum atomic E-state index is 13.0. The fraction of sp³-hybridized carbons (Fsp3) is 0.346. The van der Waals surface area contributed by atoms with Crippen molar-refractivity contribution in [1.29, 1.82) is 0 Å². The summed E-state index contributed by atoms with van der Waals surface area (Å²) in [6, 6.07) is 9.25. The molecule has 3 aromatic rings. The summed E-state index contributed by atoms with van der Waals surface area (Å²) >= 11 is 12.5. The Kier molecular flexibility index (Phi) is 6.55. The predicted octanol–water partition coefficient (Wildman–Crippen LogP) is 7.32. The summed E-state index contributed by atoms with van der Waals surface area (Å²) < 4.78 is 11.4. The van der Waals surface area contributed by atoms with Crippen molar-refractivity contribution in [2.45, 2.75) is 27.2 Å². The summed E-state index contributed by atoms with van der Waals surface area (Å²) in [6.45, 7) is 7.93. The third kappa shape index (κ3) is 4.53. The number of rotatable bonds is 4. The number of ether oxygens (including phenoxy) is 1. The molecular weight excluding hydrogens is 445 g/mol. The monoisotopic (exact) mass is 471 g/mol. The molecule has 0 radical (unpaired) electrons. The molecule has 4 nitrogen and oxygen atoms in total. The number of hydrogen-bond donors (Lipinski definition) is 0. The summed E-state index contributed by atoms with van der Waals surface area (Å²) in [6.07, 6.45) is 4.56. The van der Waals surface area contributed by atoms with Crippen LogP contribution >= 0.6 is 23.2 Å². The Morgan fingerprint density at radius 2 is 1.84 bits per heavy atom. The molecule has 2 heterocycles. The first-order valence-electron chi connectivity index (χ1n) is 10.8. The van der Waals surface area contributed by atoms with Crippen LogP contribution in [0, 0.1) is 11.8 Å². The van der Waals surface area contributed by atoms with Gasteiger partial charge in [0.1, 0.15) is 11.3 Å². The van der Waals surface area contributed by atoms with Crippen LogP contribution in [0.15, 0.2) is 47.1 Å². The number of methoxy groups -OCH3 is 1. The van der Waals surface area contributed by atoms with Crippen molar-refractivity contribution in [3.05, 3.63) is 58.3 Å². The molecule has 6 heteroatoms. The van der Waals surface area contributed by atoms with Crippen LogP contribution in [0.3, 0.4) is 0 Å². The molecule has 0 bridgehead atoms. The maximum absolute atomic E-state index is 13.0. The zero-order valence-corrected chi connectivity index (χ0v) is 20.3. The number of carbonyl (C=O) groups is 1. The Balaban J connectivity index is 1.74. The van der Waals surface area contributed by atoms with E-state index in [0.29, 0.717) is 33.2 Å². The number of halogens is 2. The summed E-state index contributed by atoms with van der Waals surface area (Å²) in [7, 11) is 1.62. The number of likely N-dealkylation sites (tertiary alicyclic amines) is 1. The van der Waals surface area contributed by atoms with Crippen molar-refractivity contribution in [2.24, 2.45) is 11.8 Å². The van der Waals surface area contributed by atoms with Gasteiger partial charge in [0.15, 0.2) is 0 Å². The van der Waals surface area contributed by atoms with Gasteiger partial charge in [-0.15, -0.1) is 0 Å². The minimum Gasteiger partial charge on any atom is -0.496 e. The highest BCUT2D eigenvalue weighted by Crippen LogP contribution is 2.40. The van der Waals surface area contributed by atoms with E-state index >= 15 is 0 Å². The van der Waals surface area contributed by atoms with Gasteiger partial charge in [-0.25, -0.2) is 0 Å². The van der Waals surface area contributed by atoms with E-state index in [1.165, 1.54) is 0 Å². The number of amides is 1. The molecule has 0 N–H and O–H groups in total. The first-order chi connectivity index (χ1) is 15.3. The normalized spacial score (nSPS) is 19.4. The van der Waals surface area contributed by atoms with E-state index in [0.717, 1.165) is 47.2 Å². The van der Waals surface area contributed by atoms with Crippen LogP contribution in [-0.2, 0) is 4.79 Å². The fourth-order valence-corrected chi connectivity index (χ4v) is 5.16. The van der Waals surface area contributed by atoms with Crippen LogP contribution in [-0.4, -0.2) is 31.0 Å². The van der Waals surface area contributed by atoms with Crippen LogP contribution in [0.4, 0.5) is 0 Å². The first kappa shape index (κ1) is 22.8. The Hall–Kier alpha value is -2.43. The van der Waals surface area contributed by atoms with Crippen molar-refractivity contribution in [2.75, 3.05) is 20.2 Å². The lowest BCUT2D eigenvalue weighted by Gasteiger charge is -2.34. The molecule has 1 amide bonds. The van der Waals surface area contributed by atoms with Gasteiger partial charge in [-0.05, 0) is 49.0 Å². The molecule has 168 valence electrons. The molecule has 1 saturated heterocycles. The maximum Gasteiger partial charge on any atom is 0.246 e. The highest BCUT2D eigenvalue weighted by Gasteiger charge is 2.25. The second kappa shape index (κ2) is 9.21. The van der Waals surface area contributed by atoms with Crippen molar-refractivity contribution < 1.29 is 13.9 Å². The molecule has 4 rings (SSSR count). The van der Waals surface area contributed by atoms with Crippen molar-refractivity contribution >= 4 is 45.7 Å². The van der Waals surface area contributed by atoms with Gasteiger partial charge in [-0.2, -0.15) is 0 Å². The third-order valence-corrected chi connectivity index (χ3v) is 6.61. The average molecular weight is 472 g/mol. The van der Waals surface area contributed by atoms with Crippen molar-refractivity contribution in [1.82, 2.24) is 4.90 Å². The zero-order chi connectivity index (χ0) is 23.0. The second-order valence-corrected chi connectivity index (χ2v) is 9.68. The number of carbonyl (C=O) groups excluding carboxylic acids is 1. The summed E-state index contributed by atoms with van der Waals surface area (Å²) in [4.78, 5) is 15.0. The largest absolute Gasteiger partial charge is 0.496 e. The quantitative estimate of drug-likeness (QED) is 0.374. The molecule has 2 atom stereocenters. The molecule has 0 saturated carbocycles. The topological polar surface area (TPSA) is 42.7 Å². The molecule has 0 spiro atoms. The number of furan rings is 1. The summed E-state index contributed by atoms with van der Waals surface area (Å²) in [5.41, 5.74) is 4.07. The standard InChI is InChI=1S/C26H27Cl2NO3/c1-15-7-16(2)13-29(12-15)26(30)8-17(3)20-10-21-22(14-32-25(21)11-24(20)31-4)19-6-5-18(27)9-23(19)28/h5-6,8-11,14-16H,7,12-13H2,1-4H3/b17-8+. The molecular formula is C26H27Cl2NO3. The number of hydrogen-bond acceptors (Lipinski definition) is 3. The van der Waals surface area contributed by atoms with E-state index in [9.17, 15) is 4.79 Å². The average Bonchev–Trinajstić information content (AvgIpc) is 3.14. The van der Waals surface area contributed by atoms with E-state index in [2.05, 4.69) is 13.8 Å². The Bertz CT molecular complexity index is 1190. The van der Waals surface area contributed by atoms with Crippen LogP contribution in [0.2, 0.25) is 10.0 Å². The van der Waals surface area contributed by atoms with Crippen LogP contribution in [0.1, 0.15) is 32.8 Å². The molecule has 0 aliphatic carbocycles. The first-order valence-corrected chi connectivity index (χ1v) is 11.5. The van der Waals surface area contributed by atoms with E-state index in [-0.39, 0.29) is 5.91 Å². The lowest BCUT2D eigenvalue weighted by Crippen LogP contribution is -2.41. The Morgan fingerprint density at radius 3 is 2.50 bits per heavy atom. The smallest absolute Gasteiger partial charge is 0.246 e. The van der Waals surface area contributed by atoms with Gasteiger partial charge >= 0.3 is 0 Å². The molecule has 32 heavy (non-hydrogen) atoms. The number of fused-ring (bicyclic) bond motifs is 1. The highest BCUT2D eigenvalue weighted by molar-refractivity contribution is 6.36. The molecule has 1 aromatic heterocycles. The van der Waals surface area contributed by atoms with E-state index in [1.807, 2.05) is 30.0 Å². The molecule has 2 unspecified atom stereocenters. The lowest BCUT2D eigenvalue weighted by molar-refractivity contribution is -0.128. The minimum absolute atomic E-state index is 0.0382. The van der Waals surface area contributed by atoms with E-state index in [4.69, 9.17) is 32.4 Å². The summed E-state index contributed by atoms with van der Waals surface area (Å²) in [5.74, 6) is 1.72. The predicted molar refractivity (Wildman–Crippen MR) is 131 cm³/mol. The lowest BCUT2D eigenvalue weighted by atomic mass is 9.91. The number of allylic oxidation sites excluding steroid dienone is 1. The van der Waals surface area contributed by atoms with Gasteiger partial charge in [0.05, 0.1) is 18.4 Å². The second-order valence-electron chi connectivity index (χ2n) is 8.84. The highest BCUT2D eigenvalue weighted by atomic mass is 35.5.